The van der Waals surface area contributed by atoms with Gasteiger partial charge in [-0.25, -0.2) is 13.1 Å². The number of rotatable bonds is 6. The monoisotopic (exact) mass is 308 g/mol. The molecule has 2 aliphatic carbocycles. The molecule has 0 aliphatic heterocycles. The van der Waals surface area contributed by atoms with Crippen LogP contribution in [0.5, 0.6) is 0 Å². The minimum Gasteiger partial charge on any atom is -0.310 e. The smallest absolute Gasteiger partial charge is 0.241 e. The van der Waals surface area contributed by atoms with Crippen molar-refractivity contribution < 1.29 is 8.42 Å². The fourth-order valence-corrected chi connectivity index (χ4v) is 4.26. The van der Waals surface area contributed by atoms with E-state index in [4.69, 9.17) is 0 Å². The zero-order chi connectivity index (χ0) is 15.1. The third kappa shape index (κ3) is 3.47. The van der Waals surface area contributed by atoms with Crippen molar-refractivity contribution in [2.45, 2.75) is 69.0 Å². The summed E-state index contributed by atoms with van der Waals surface area (Å²) >= 11 is 0. The predicted octanol–water partition coefficient (Wildman–Crippen LogP) is 2.47. The molecular weight excluding hydrogens is 284 g/mol. The van der Waals surface area contributed by atoms with Crippen LogP contribution in [0.25, 0.3) is 0 Å². The molecule has 2 saturated carbocycles. The zero-order valence-corrected chi connectivity index (χ0v) is 13.6. The van der Waals surface area contributed by atoms with Gasteiger partial charge in [0.25, 0.3) is 0 Å². The first-order chi connectivity index (χ1) is 9.88. The summed E-state index contributed by atoms with van der Waals surface area (Å²) in [6, 6.07) is 6.05. The van der Waals surface area contributed by atoms with Crippen molar-refractivity contribution in [1.29, 1.82) is 0 Å². The van der Waals surface area contributed by atoms with Gasteiger partial charge < -0.3 is 5.32 Å². The molecule has 4 nitrogen and oxygen atoms in total. The van der Waals surface area contributed by atoms with E-state index in [1.165, 1.54) is 12.8 Å². The molecule has 2 aliphatic rings. The molecule has 5 heteroatoms. The molecule has 0 heterocycles. The van der Waals surface area contributed by atoms with E-state index >= 15 is 0 Å². The molecule has 0 spiro atoms. The number of sulfonamides is 1. The summed E-state index contributed by atoms with van der Waals surface area (Å²) in [5.74, 6) is 0. The highest BCUT2D eigenvalue weighted by Crippen LogP contribution is 2.32. The maximum atomic E-state index is 12.5. The third-order valence-corrected chi connectivity index (χ3v) is 6.26. The van der Waals surface area contributed by atoms with Gasteiger partial charge in [0.2, 0.25) is 10.0 Å². The largest absolute Gasteiger partial charge is 0.310 e. The Morgan fingerprint density at radius 3 is 2.57 bits per heavy atom. The Morgan fingerprint density at radius 1 is 1.29 bits per heavy atom. The van der Waals surface area contributed by atoms with E-state index < -0.39 is 10.0 Å². The summed E-state index contributed by atoms with van der Waals surface area (Å²) < 4.78 is 27.9. The Hall–Kier alpha value is -0.910. The first-order valence-corrected chi connectivity index (χ1v) is 9.23. The normalized spacial score (nSPS) is 21.0. The molecule has 1 aromatic carbocycles. The lowest BCUT2D eigenvalue weighted by Gasteiger charge is -2.38. The van der Waals surface area contributed by atoms with Gasteiger partial charge in [0.15, 0.2) is 0 Å². The molecule has 2 N–H and O–H groups in total. The van der Waals surface area contributed by atoms with Crippen molar-refractivity contribution in [2.24, 2.45) is 0 Å². The van der Waals surface area contributed by atoms with Crippen LogP contribution in [0, 0.1) is 6.92 Å². The maximum absolute atomic E-state index is 12.5. The molecule has 0 aromatic heterocycles. The predicted molar refractivity (Wildman–Crippen MR) is 83.6 cm³/mol. The molecule has 0 saturated heterocycles. The zero-order valence-electron chi connectivity index (χ0n) is 12.8. The van der Waals surface area contributed by atoms with Crippen LogP contribution in [-0.2, 0) is 16.6 Å². The van der Waals surface area contributed by atoms with Crippen molar-refractivity contribution in [3.63, 3.8) is 0 Å². The van der Waals surface area contributed by atoms with Crippen molar-refractivity contribution >= 4 is 10.0 Å². The Morgan fingerprint density at radius 2 is 2.00 bits per heavy atom. The van der Waals surface area contributed by atoms with Gasteiger partial charge in [0.05, 0.1) is 4.90 Å². The van der Waals surface area contributed by atoms with Gasteiger partial charge in [-0.05, 0) is 69.2 Å². The van der Waals surface area contributed by atoms with Crippen molar-refractivity contribution in [3.8, 4) is 0 Å². The highest BCUT2D eigenvalue weighted by Gasteiger charge is 2.36. The second-order valence-corrected chi connectivity index (χ2v) is 8.45. The van der Waals surface area contributed by atoms with Crippen LogP contribution >= 0.6 is 0 Å². The van der Waals surface area contributed by atoms with Gasteiger partial charge in [0.1, 0.15) is 0 Å². The van der Waals surface area contributed by atoms with E-state index in [1.54, 1.807) is 6.07 Å². The van der Waals surface area contributed by atoms with Crippen LogP contribution in [0.2, 0.25) is 0 Å². The molecule has 0 radical (unpaired) electrons. The summed E-state index contributed by atoms with van der Waals surface area (Å²) in [5, 5.41) is 3.45. The van der Waals surface area contributed by atoms with E-state index in [0.717, 1.165) is 36.9 Å². The number of hydrogen-bond donors (Lipinski definition) is 2. The average Bonchev–Trinajstić information content (AvgIpc) is 3.19. The summed E-state index contributed by atoms with van der Waals surface area (Å²) in [6.45, 7) is 4.76. The summed E-state index contributed by atoms with van der Waals surface area (Å²) in [6.07, 6.45) is 5.42. The summed E-state index contributed by atoms with van der Waals surface area (Å²) in [5.41, 5.74) is 1.95. The number of aryl methyl sites for hydroxylation is 1. The van der Waals surface area contributed by atoms with E-state index in [0.29, 0.717) is 10.9 Å². The van der Waals surface area contributed by atoms with E-state index in [2.05, 4.69) is 10.0 Å². The second-order valence-electron chi connectivity index (χ2n) is 6.76. The fraction of sp³-hybridized carbons (Fsp3) is 0.625. The van der Waals surface area contributed by atoms with E-state index in [-0.39, 0.29) is 5.54 Å². The lowest BCUT2D eigenvalue weighted by Crippen LogP contribution is -2.50. The molecule has 116 valence electrons. The summed E-state index contributed by atoms with van der Waals surface area (Å²) in [4.78, 5) is 0.383. The lowest BCUT2D eigenvalue weighted by atomic mass is 9.80. The van der Waals surface area contributed by atoms with Crippen LogP contribution < -0.4 is 10.0 Å². The number of nitrogens with one attached hydrogen (secondary N) is 2. The van der Waals surface area contributed by atoms with Gasteiger partial charge in [-0.3, -0.25) is 0 Å². The Labute approximate surface area is 127 Å². The topological polar surface area (TPSA) is 58.2 Å². The molecule has 3 rings (SSSR count). The van der Waals surface area contributed by atoms with Crippen molar-refractivity contribution in [3.05, 3.63) is 29.3 Å². The fourth-order valence-electron chi connectivity index (χ4n) is 2.74. The first kappa shape index (κ1) is 15.0. The molecule has 0 bridgehead atoms. The van der Waals surface area contributed by atoms with Gasteiger partial charge in [-0.1, -0.05) is 6.07 Å². The van der Waals surface area contributed by atoms with Crippen LogP contribution in [0.3, 0.4) is 0 Å². The van der Waals surface area contributed by atoms with Crippen LogP contribution in [0.4, 0.5) is 0 Å². The first-order valence-electron chi connectivity index (χ1n) is 7.75. The van der Waals surface area contributed by atoms with Crippen LogP contribution in [0.15, 0.2) is 23.1 Å². The Kier molecular flexibility index (Phi) is 3.84. The van der Waals surface area contributed by atoms with Gasteiger partial charge in [-0.2, -0.15) is 0 Å². The SMILES string of the molecule is Cc1ccc(S(=O)(=O)NC2(C)CCC2)cc1CNC1CC1. The standard InChI is InChI=1S/C16H24N2O2S/c1-12-4-7-15(10-13(12)11-17-14-5-6-14)21(19,20)18-16(2)8-3-9-16/h4,7,10,14,17-18H,3,5-6,8-9,11H2,1-2H3. The average molecular weight is 308 g/mol. The minimum absolute atomic E-state index is 0.254. The molecule has 2 fully saturated rings. The van der Waals surface area contributed by atoms with Crippen LogP contribution in [0.1, 0.15) is 50.2 Å². The van der Waals surface area contributed by atoms with Crippen LogP contribution in [-0.4, -0.2) is 20.0 Å². The quantitative estimate of drug-likeness (QED) is 0.849. The van der Waals surface area contributed by atoms with Gasteiger partial charge in [-0.15, -0.1) is 0 Å². The van der Waals surface area contributed by atoms with Gasteiger partial charge >= 0.3 is 0 Å². The Bertz CT molecular complexity index is 632. The number of hydrogen-bond acceptors (Lipinski definition) is 3. The molecule has 21 heavy (non-hydrogen) atoms. The highest BCUT2D eigenvalue weighted by molar-refractivity contribution is 7.89. The maximum Gasteiger partial charge on any atom is 0.241 e. The molecular formula is C16H24N2O2S. The third-order valence-electron chi connectivity index (χ3n) is 4.63. The molecule has 1 aromatic rings. The van der Waals surface area contributed by atoms with Crippen molar-refractivity contribution in [1.82, 2.24) is 10.0 Å². The van der Waals surface area contributed by atoms with Gasteiger partial charge in [0, 0.05) is 18.1 Å². The minimum atomic E-state index is -3.42. The highest BCUT2D eigenvalue weighted by atomic mass is 32.2. The van der Waals surface area contributed by atoms with E-state index in [9.17, 15) is 8.42 Å². The Balaban J connectivity index is 1.78. The van der Waals surface area contributed by atoms with E-state index in [1.807, 2.05) is 26.0 Å². The second kappa shape index (κ2) is 5.38. The molecule has 0 atom stereocenters. The number of benzene rings is 1. The summed E-state index contributed by atoms with van der Waals surface area (Å²) in [7, 11) is -3.42. The van der Waals surface area contributed by atoms with Crippen molar-refractivity contribution in [2.75, 3.05) is 0 Å². The molecule has 0 unspecified atom stereocenters. The molecule has 0 amide bonds. The lowest BCUT2D eigenvalue weighted by molar-refractivity contribution is 0.248.